The molecule has 2 atom stereocenters. The Bertz CT molecular complexity index is 810. The van der Waals surface area contributed by atoms with Crippen molar-refractivity contribution in [3.05, 3.63) is 70.8 Å². The summed E-state index contributed by atoms with van der Waals surface area (Å²) in [6.07, 6.45) is 5.74. The highest BCUT2D eigenvalue weighted by atomic mass is 35.5. The molecule has 5 heteroatoms. The van der Waals surface area contributed by atoms with Crippen LogP contribution in [-0.4, -0.2) is 24.0 Å². The highest BCUT2D eigenvalue weighted by molar-refractivity contribution is 6.30. The molecule has 1 aliphatic carbocycles. The number of allylic oxidation sites excluding steroid dienone is 3. The lowest BCUT2D eigenvalue weighted by molar-refractivity contribution is -0.125. The summed E-state index contributed by atoms with van der Waals surface area (Å²) >= 11 is 6.05. The van der Waals surface area contributed by atoms with Crippen LogP contribution in [0, 0.1) is 19.8 Å². The third-order valence-electron chi connectivity index (χ3n) is 5.04. The fraction of sp³-hybridized carbons (Fsp3) is 0.375. The molecule has 0 bridgehead atoms. The van der Waals surface area contributed by atoms with Crippen molar-refractivity contribution in [2.45, 2.75) is 46.5 Å². The molecule has 0 aromatic heterocycles. The first-order valence-corrected chi connectivity index (χ1v) is 10.0. The molecule has 4 nitrogen and oxygen atoms in total. The van der Waals surface area contributed by atoms with E-state index in [2.05, 4.69) is 18.5 Å². The minimum absolute atomic E-state index is 0.0421. The summed E-state index contributed by atoms with van der Waals surface area (Å²) in [7, 11) is 0. The zero-order valence-electron chi connectivity index (χ0n) is 17.7. The van der Waals surface area contributed by atoms with Gasteiger partial charge in [0, 0.05) is 29.5 Å². The number of nitrogens with one attached hydrogen (secondary N) is 1. The first kappa shape index (κ1) is 24.6. The van der Waals surface area contributed by atoms with Crippen LogP contribution in [0.1, 0.15) is 49.3 Å². The molecule has 0 heterocycles. The van der Waals surface area contributed by atoms with Gasteiger partial charge in [-0.3, -0.25) is 14.4 Å². The average molecular weight is 416 g/mol. The average Bonchev–Trinajstić information content (AvgIpc) is 2.94. The molecule has 1 aliphatic rings. The Hall–Kier alpha value is -2.46. The smallest absolute Gasteiger partial charge is 0.246 e. The summed E-state index contributed by atoms with van der Waals surface area (Å²) in [5, 5.41) is 3.40. The second-order valence-electron chi connectivity index (χ2n) is 7.14. The van der Waals surface area contributed by atoms with Gasteiger partial charge >= 0.3 is 0 Å². The number of hydrogen-bond acceptors (Lipinski definition) is 3. The standard InChI is InChI=1S/C20H24ClNO3.C4H6/c1-5-11(2)20(25)22-7-6-14-10-16(23)18(19(14)24)17-12(3)8-15(21)9-13(17)4;1-3-4-2/h5,8-9,14,18H,6-7,10H2,1-4H3,(H,22,25);3-4H,1-2H2/b11-5+;. The predicted molar refractivity (Wildman–Crippen MR) is 119 cm³/mol. The summed E-state index contributed by atoms with van der Waals surface area (Å²) < 4.78 is 0. The maximum absolute atomic E-state index is 12.8. The number of rotatable bonds is 6. The van der Waals surface area contributed by atoms with Gasteiger partial charge in [0.25, 0.3) is 0 Å². The van der Waals surface area contributed by atoms with Crippen LogP contribution in [0.3, 0.4) is 0 Å². The zero-order valence-corrected chi connectivity index (χ0v) is 18.4. The molecule has 2 rings (SSSR count). The number of hydrogen-bond donors (Lipinski definition) is 1. The molecule has 1 N–H and O–H groups in total. The quantitative estimate of drug-likeness (QED) is 0.402. The van der Waals surface area contributed by atoms with E-state index >= 15 is 0 Å². The van der Waals surface area contributed by atoms with Crippen molar-refractivity contribution in [2.24, 2.45) is 5.92 Å². The second-order valence-corrected chi connectivity index (χ2v) is 7.58. The van der Waals surface area contributed by atoms with Crippen LogP contribution >= 0.6 is 11.6 Å². The largest absolute Gasteiger partial charge is 0.352 e. The Labute approximate surface area is 178 Å². The third-order valence-corrected chi connectivity index (χ3v) is 5.26. The van der Waals surface area contributed by atoms with Gasteiger partial charge in [-0.2, -0.15) is 0 Å². The second kappa shape index (κ2) is 11.5. The maximum Gasteiger partial charge on any atom is 0.246 e. The molecule has 1 aromatic carbocycles. The van der Waals surface area contributed by atoms with Crippen LogP contribution in [0.5, 0.6) is 0 Å². The summed E-state index contributed by atoms with van der Waals surface area (Å²) in [4.78, 5) is 37.0. The number of carbonyl (C=O) groups excluding carboxylic acids is 3. The van der Waals surface area contributed by atoms with Crippen molar-refractivity contribution in [2.75, 3.05) is 6.54 Å². The van der Waals surface area contributed by atoms with E-state index in [-0.39, 0.29) is 29.8 Å². The Kier molecular flexibility index (Phi) is 9.76. The fourth-order valence-corrected chi connectivity index (χ4v) is 3.74. The van der Waals surface area contributed by atoms with E-state index < -0.39 is 5.92 Å². The first-order valence-electron chi connectivity index (χ1n) is 9.65. The van der Waals surface area contributed by atoms with Crippen molar-refractivity contribution < 1.29 is 14.4 Å². The lowest BCUT2D eigenvalue weighted by Crippen LogP contribution is -2.27. The number of benzene rings is 1. The van der Waals surface area contributed by atoms with E-state index in [4.69, 9.17) is 11.6 Å². The molecule has 2 unspecified atom stereocenters. The van der Waals surface area contributed by atoms with Crippen molar-refractivity contribution >= 4 is 29.1 Å². The Balaban J connectivity index is 0.000000960. The van der Waals surface area contributed by atoms with E-state index in [1.54, 1.807) is 44.2 Å². The van der Waals surface area contributed by atoms with Crippen molar-refractivity contribution in [1.82, 2.24) is 5.32 Å². The summed E-state index contributed by atoms with van der Waals surface area (Å²) in [5.41, 5.74) is 3.17. The number of aryl methyl sites for hydroxylation is 2. The highest BCUT2D eigenvalue weighted by Gasteiger charge is 2.42. The summed E-state index contributed by atoms with van der Waals surface area (Å²) in [5.74, 6) is -1.26. The predicted octanol–water partition coefficient (Wildman–Crippen LogP) is 5.03. The maximum atomic E-state index is 12.8. The van der Waals surface area contributed by atoms with Gasteiger partial charge in [-0.05, 0) is 62.9 Å². The topological polar surface area (TPSA) is 63.2 Å². The van der Waals surface area contributed by atoms with Gasteiger partial charge in [0.1, 0.15) is 11.7 Å². The van der Waals surface area contributed by atoms with Crippen LogP contribution in [0.4, 0.5) is 0 Å². The number of ketones is 2. The molecular weight excluding hydrogens is 386 g/mol. The highest BCUT2D eigenvalue weighted by Crippen LogP contribution is 2.37. The molecule has 0 spiro atoms. The minimum atomic E-state index is -0.699. The minimum Gasteiger partial charge on any atom is -0.352 e. The monoisotopic (exact) mass is 415 g/mol. The van der Waals surface area contributed by atoms with Gasteiger partial charge in [-0.25, -0.2) is 0 Å². The van der Waals surface area contributed by atoms with Gasteiger partial charge in [-0.15, -0.1) is 0 Å². The number of Topliss-reactive ketones (excluding diaryl/α,β-unsaturated/α-hetero) is 2. The molecule has 29 heavy (non-hydrogen) atoms. The van der Waals surface area contributed by atoms with Gasteiger partial charge in [0.2, 0.25) is 5.91 Å². The van der Waals surface area contributed by atoms with Crippen molar-refractivity contribution in [1.29, 1.82) is 0 Å². The molecule has 1 saturated carbocycles. The lowest BCUT2D eigenvalue weighted by atomic mass is 9.87. The fourth-order valence-electron chi connectivity index (χ4n) is 3.41. The van der Waals surface area contributed by atoms with Crippen LogP contribution in [0.15, 0.2) is 49.1 Å². The van der Waals surface area contributed by atoms with Crippen LogP contribution in [0.25, 0.3) is 0 Å². The van der Waals surface area contributed by atoms with E-state index in [1.807, 2.05) is 13.8 Å². The molecule has 1 aromatic rings. The van der Waals surface area contributed by atoms with E-state index in [0.717, 1.165) is 16.7 Å². The summed E-state index contributed by atoms with van der Waals surface area (Å²) in [6, 6.07) is 3.58. The number of carbonyl (C=O) groups is 3. The number of amides is 1. The van der Waals surface area contributed by atoms with E-state index in [1.165, 1.54) is 0 Å². The van der Waals surface area contributed by atoms with E-state index in [9.17, 15) is 14.4 Å². The molecule has 1 amide bonds. The zero-order chi connectivity index (χ0) is 22.1. The lowest BCUT2D eigenvalue weighted by Gasteiger charge is -2.16. The molecule has 0 radical (unpaired) electrons. The Morgan fingerprint density at radius 2 is 1.76 bits per heavy atom. The molecule has 0 aliphatic heterocycles. The van der Waals surface area contributed by atoms with Crippen LogP contribution in [0.2, 0.25) is 5.02 Å². The summed E-state index contributed by atoms with van der Waals surface area (Å²) in [6.45, 7) is 14.4. The first-order chi connectivity index (χ1) is 13.7. The number of halogens is 1. The van der Waals surface area contributed by atoms with Gasteiger partial charge in [-0.1, -0.05) is 43.0 Å². The normalized spacial score (nSPS) is 18.7. The third kappa shape index (κ3) is 6.53. The molecule has 156 valence electrons. The van der Waals surface area contributed by atoms with Crippen molar-refractivity contribution in [3.8, 4) is 0 Å². The Morgan fingerprint density at radius 3 is 2.24 bits per heavy atom. The van der Waals surface area contributed by atoms with Gasteiger partial charge in [0.15, 0.2) is 5.78 Å². The van der Waals surface area contributed by atoms with Crippen LogP contribution in [-0.2, 0) is 14.4 Å². The molecule has 1 fully saturated rings. The molecular formula is C24H30ClNO3. The van der Waals surface area contributed by atoms with Gasteiger partial charge in [0.05, 0.1) is 0 Å². The van der Waals surface area contributed by atoms with Crippen molar-refractivity contribution in [3.63, 3.8) is 0 Å². The Morgan fingerprint density at radius 1 is 1.21 bits per heavy atom. The SMILES string of the molecule is C/C=C(\C)C(=O)NCCC1CC(=O)C(c2c(C)cc(Cl)cc2C)C1=O.C=CC=C. The van der Waals surface area contributed by atoms with Gasteiger partial charge < -0.3 is 5.32 Å². The molecule has 0 saturated heterocycles. The van der Waals surface area contributed by atoms with Crippen LogP contribution < -0.4 is 5.32 Å². The van der Waals surface area contributed by atoms with E-state index in [0.29, 0.717) is 23.6 Å².